The third-order valence-corrected chi connectivity index (χ3v) is 2.17. The van der Waals surface area contributed by atoms with Crippen LogP contribution in [-0.4, -0.2) is 43.0 Å². The normalized spacial score (nSPS) is 25.5. The number of carbonyl (C=O) groups is 3. The number of rotatable bonds is 4. The van der Waals surface area contributed by atoms with Crippen molar-refractivity contribution in [3.8, 4) is 0 Å². The Hall–Kier alpha value is -1.89. The molecule has 0 N–H and O–H groups in total. The van der Waals surface area contributed by atoms with Gasteiger partial charge >= 0.3 is 17.9 Å². The Morgan fingerprint density at radius 2 is 1.63 bits per heavy atom. The minimum atomic E-state index is -0.884. The van der Waals surface area contributed by atoms with Crippen LogP contribution in [0.4, 0.5) is 0 Å². The Balaban J connectivity index is 2.68. The van der Waals surface area contributed by atoms with Crippen LogP contribution in [0.2, 0.25) is 0 Å². The minimum absolute atomic E-state index is 0.102. The first-order valence-corrected chi connectivity index (χ1v) is 5.70. The monoisotopic (exact) mass is 272 g/mol. The van der Waals surface area contributed by atoms with E-state index in [1.165, 1.54) is 32.9 Å². The van der Waals surface area contributed by atoms with Gasteiger partial charge in [-0.05, 0) is 12.2 Å². The summed E-state index contributed by atoms with van der Waals surface area (Å²) in [7, 11) is 0. The van der Waals surface area contributed by atoms with Crippen molar-refractivity contribution in [3.63, 3.8) is 0 Å². The molecule has 0 amide bonds. The van der Waals surface area contributed by atoms with E-state index >= 15 is 0 Å². The van der Waals surface area contributed by atoms with E-state index in [1.807, 2.05) is 0 Å². The smallest absolute Gasteiger partial charge is 0.305 e. The summed E-state index contributed by atoms with van der Waals surface area (Å²) in [6, 6.07) is 0. The minimum Gasteiger partial charge on any atom is -0.463 e. The van der Waals surface area contributed by atoms with E-state index in [0.717, 1.165) is 0 Å². The van der Waals surface area contributed by atoms with Crippen molar-refractivity contribution in [3.05, 3.63) is 12.2 Å². The largest absolute Gasteiger partial charge is 0.463 e. The van der Waals surface area contributed by atoms with Crippen LogP contribution >= 0.6 is 0 Å². The molecule has 3 unspecified atom stereocenters. The quantitative estimate of drug-likeness (QED) is 0.414. The van der Waals surface area contributed by atoms with Crippen LogP contribution in [0.5, 0.6) is 0 Å². The van der Waals surface area contributed by atoms with Gasteiger partial charge in [0.2, 0.25) is 6.29 Å². The van der Waals surface area contributed by atoms with Gasteiger partial charge in [0.1, 0.15) is 18.8 Å². The summed E-state index contributed by atoms with van der Waals surface area (Å²) >= 11 is 0. The molecule has 1 rings (SSSR count). The topological polar surface area (TPSA) is 88.1 Å². The molecule has 0 saturated heterocycles. The van der Waals surface area contributed by atoms with Crippen LogP contribution in [0.15, 0.2) is 12.2 Å². The number of ether oxygens (including phenoxy) is 4. The second kappa shape index (κ2) is 6.89. The van der Waals surface area contributed by atoms with Gasteiger partial charge < -0.3 is 18.9 Å². The highest BCUT2D eigenvalue weighted by Crippen LogP contribution is 2.18. The molecule has 0 spiro atoms. The first-order chi connectivity index (χ1) is 8.88. The Morgan fingerprint density at radius 3 is 2.16 bits per heavy atom. The van der Waals surface area contributed by atoms with Gasteiger partial charge in [0, 0.05) is 20.8 Å². The first-order valence-electron chi connectivity index (χ1n) is 5.70. The molecule has 0 aromatic rings. The maximum atomic E-state index is 11.0. The molecule has 1 heterocycles. The lowest BCUT2D eigenvalue weighted by Gasteiger charge is -2.30. The summed E-state index contributed by atoms with van der Waals surface area (Å²) < 4.78 is 20.1. The molecule has 7 heteroatoms. The lowest BCUT2D eigenvalue weighted by atomic mass is 10.1. The predicted octanol–water partition coefficient (Wildman–Crippen LogP) is 0.325. The zero-order valence-corrected chi connectivity index (χ0v) is 11.0. The zero-order valence-electron chi connectivity index (χ0n) is 11.0. The SMILES string of the molecule is CC(=O)OCC1OC(OC(C)=O)C=CC1OC(C)=O. The molecule has 3 atom stereocenters. The van der Waals surface area contributed by atoms with Crippen LogP contribution in [0, 0.1) is 0 Å². The van der Waals surface area contributed by atoms with Gasteiger partial charge in [0.05, 0.1) is 0 Å². The molecule has 7 nitrogen and oxygen atoms in total. The molecule has 0 aromatic carbocycles. The van der Waals surface area contributed by atoms with Crippen LogP contribution < -0.4 is 0 Å². The molecule has 1 aliphatic rings. The Kier molecular flexibility index (Phi) is 5.50. The molecular formula is C12H16O7. The molecule has 0 radical (unpaired) electrons. The van der Waals surface area contributed by atoms with Crippen molar-refractivity contribution in [2.24, 2.45) is 0 Å². The second-order valence-corrected chi connectivity index (χ2v) is 3.91. The average molecular weight is 272 g/mol. The Bertz CT molecular complexity index is 388. The summed E-state index contributed by atoms with van der Waals surface area (Å²) in [5.74, 6) is -1.48. The number of esters is 3. The lowest BCUT2D eigenvalue weighted by Crippen LogP contribution is -2.42. The van der Waals surface area contributed by atoms with Crippen LogP contribution in [0.1, 0.15) is 20.8 Å². The highest BCUT2D eigenvalue weighted by Gasteiger charge is 2.31. The molecule has 0 saturated carbocycles. The summed E-state index contributed by atoms with van der Waals surface area (Å²) in [6.07, 6.45) is 0.696. The van der Waals surface area contributed by atoms with Gasteiger partial charge in [0.15, 0.2) is 0 Å². The van der Waals surface area contributed by atoms with Crippen LogP contribution in [-0.2, 0) is 33.3 Å². The first kappa shape index (κ1) is 15.2. The van der Waals surface area contributed by atoms with Gasteiger partial charge in [0.25, 0.3) is 0 Å². The van der Waals surface area contributed by atoms with E-state index in [-0.39, 0.29) is 6.61 Å². The molecule has 106 valence electrons. The third kappa shape index (κ3) is 5.52. The molecule has 19 heavy (non-hydrogen) atoms. The number of carbonyl (C=O) groups excluding carboxylic acids is 3. The van der Waals surface area contributed by atoms with E-state index in [4.69, 9.17) is 18.9 Å². The summed E-state index contributed by atoms with van der Waals surface area (Å²) in [4.78, 5) is 32.6. The van der Waals surface area contributed by atoms with E-state index in [2.05, 4.69) is 0 Å². The fraction of sp³-hybridized carbons (Fsp3) is 0.583. The van der Waals surface area contributed by atoms with E-state index in [0.29, 0.717) is 0 Å². The second-order valence-electron chi connectivity index (χ2n) is 3.91. The lowest BCUT2D eigenvalue weighted by molar-refractivity contribution is -0.201. The van der Waals surface area contributed by atoms with Crippen LogP contribution in [0.3, 0.4) is 0 Å². The Labute approximate surface area is 110 Å². The van der Waals surface area contributed by atoms with Gasteiger partial charge in [-0.3, -0.25) is 14.4 Å². The van der Waals surface area contributed by atoms with Crippen LogP contribution in [0.25, 0.3) is 0 Å². The van der Waals surface area contributed by atoms with E-state index < -0.39 is 36.4 Å². The van der Waals surface area contributed by atoms with Gasteiger partial charge in [-0.25, -0.2) is 0 Å². The number of hydrogen-bond donors (Lipinski definition) is 0. The zero-order chi connectivity index (χ0) is 14.4. The van der Waals surface area contributed by atoms with Crippen molar-refractivity contribution in [1.82, 2.24) is 0 Å². The van der Waals surface area contributed by atoms with Crippen molar-refractivity contribution < 1.29 is 33.3 Å². The molecule has 0 aromatic heterocycles. The molecular weight excluding hydrogens is 256 g/mol. The summed E-state index contributed by atoms with van der Waals surface area (Å²) in [5, 5.41) is 0. The van der Waals surface area contributed by atoms with E-state index in [9.17, 15) is 14.4 Å². The molecule has 0 aliphatic carbocycles. The molecule has 0 fully saturated rings. The molecule has 0 bridgehead atoms. The maximum absolute atomic E-state index is 11.0. The van der Waals surface area contributed by atoms with Gasteiger partial charge in [-0.1, -0.05) is 0 Å². The van der Waals surface area contributed by atoms with E-state index in [1.54, 1.807) is 0 Å². The fourth-order valence-corrected chi connectivity index (χ4v) is 1.49. The van der Waals surface area contributed by atoms with Crippen molar-refractivity contribution >= 4 is 17.9 Å². The standard InChI is InChI=1S/C12H16O7/c1-7(13)16-6-11-10(17-8(2)14)4-5-12(19-11)18-9(3)15/h4-5,10-12H,6H2,1-3H3. The Morgan fingerprint density at radius 1 is 1.00 bits per heavy atom. The van der Waals surface area contributed by atoms with Gasteiger partial charge in [-0.2, -0.15) is 0 Å². The van der Waals surface area contributed by atoms with Crippen molar-refractivity contribution in [2.45, 2.75) is 39.3 Å². The number of hydrogen-bond acceptors (Lipinski definition) is 7. The predicted molar refractivity (Wildman–Crippen MR) is 61.8 cm³/mol. The highest BCUT2D eigenvalue weighted by atomic mass is 16.7. The van der Waals surface area contributed by atoms with Crippen molar-refractivity contribution in [2.75, 3.05) is 6.61 Å². The summed E-state index contributed by atoms with van der Waals surface area (Å²) in [5.41, 5.74) is 0. The maximum Gasteiger partial charge on any atom is 0.305 e. The van der Waals surface area contributed by atoms with Gasteiger partial charge in [-0.15, -0.1) is 0 Å². The molecule has 1 aliphatic heterocycles. The average Bonchev–Trinajstić information content (AvgIpc) is 2.27. The highest BCUT2D eigenvalue weighted by molar-refractivity contribution is 5.67. The van der Waals surface area contributed by atoms with Crippen molar-refractivity contribution in [1.29, 1.82) is 0 Å². The fourth-order valence-electron chi connectivity index (χ4n) is 1.49. The third-order valence-electron chi connectivity index (χ3n) is 2.17. The summed E-state index contributed by atoms with van der Waals surface area (Å²) in [6.45, 7) is 3.66.